The number of hydrogen-bond donors (Lipinski definition) is 0. The monoisotopic (exact) mass is 277 g/mol. The molecule has 20 heavy (non-hydrogen) atoms. The van der Waals surface area contributed by atoms with Crippen molar-refractivity contribution in [2.24, 2.45) is 0 Å². The highest BCUT2D eigenvalue weighted by Gasteiger charge is 2.36. The van der Waals surface area contributed by atoms with Crippen LogP contribution in [0.3, 0.4) is 0 Å². The van der Waals surface area contributed by atoms with Crippen LogP contribution in [0.2, 0.25) is 0 Å². The van der Waals surface area contributed by atoms with E-state index in [9.17, 15) is 4.79 Å². The zero-order valence-corrected chi connectivity index (χ0v) is 12.7. The van der Waals surface area contributed by atoms with Crippen molar-refractivity contribution in [1.82, 2.24) is 14.9 Å². The highest BCUT2D eigenvalue weighted by atomic mass is 16.6. The third-order valence-electron chi connectivity index (χ3n) is 3.62. The molecule has 0 radical (unpaired) electrons. The predicted molar refractivity (Wildman–Crippen MR) is 76.4 cm³/mol. The van der Waals surface area contributed by atoms with E-state index in [1.54, 1.807) is 17.3 Å². The molecule has 0 bridgehead atoms. The zero-order valence-electron chi connectivity index (χ0n) is 12.7. The average Bonchev–Trinajstić information content (AvgIpc) is 2.38. The third kappa shape index (κ3) is 3.46. The van der Waals surface area contributed by atoms with Gasteiger partial charge in [-0.3, -0.25) is 0 Å². The fraction of sp³-hybridized carbons (Fsp3) is 0.667. The normalized spacial score (nSPS) is 18.7. The van der Waals surface area contributed by atoms with E-state index < -0.39 is 5.60 Å². The van der Waals surface area contributed by atoms with Crippen molar-refractivity contribution in [1.29, 1.82) is 0 Å². The maximum Gasteiger partial charge on any atom is 0.410 e. The smallest absolute Gasteiger partial charge is 0.410 e. The van der Waals surface area contributed by atoms with Crippen LogP contribution in [0, 0.1) is 0 Å². The molecule has 0 spiro atoms. The number of nitrogens with zero attached hydrogens (tertiary/aromatic N) is 3. The van der Waals surface area contributed by atoms with Gasteiger partial charge in [0.05, 0.1) is 0 Å². The first kappa shape index (κ1) is 14.8. The second-order valence-corrected chi connectivity index (χ2v) is 6.60. The summed E-state index contributed by atoms with van der Waals surface area (Å²) in [6.45, 7) is 9.19. The summed E-state index contributed by atoms with van der Waals surface area (Å²) in [4.78, 5) is 22.5. The predicted octanol–water partition coefficient (Wildman–Crippen LogP) is 2.77. The van der Waals surface area contributed by atoms with E-state index in [0.29, 0.717) is 13.1 Å². The number of ether oxygens (including phenoxy) is 1. The quantitative estimate of drug-likeness (QED) is 0.792. The Morgan fingerprint density at radius 1 is 1.25 bits per heavy atom. The molecule has 2 rings (SSSR count). The standard InChI is InChI=1S/C15H23N3O2/c1-14(2,3)20-13(19)18-10-6-15(4,7-11-18)12-16-8-5-9-17-12/h5,8-9H,6-7,10-11H2,1-4H3. The van der Waals surface area contributed by atoms with Crippen molar-refractivity contribution in [3.63, 3.8) is 0 Å². The van der Waals surface area contributed by atoms with Gasteiger partial charge in [0, 0.05) is 30.9 Å². The van der Waals surface area contributed by atoms with Gasteiger partial charge in [0.15, 0.2) is 0 Å². The zero-order chi connectivity index (χ0) is 14.8. The van der Waals surface area contributed by atoms with Crippen LogP contribution in [0.5, 0.6) is 0 Å². The number of likely N-dealkylation sites (tertiary alicyclic amines) is 1. The lowest BCUT2D eigenvalue weighted by atomic mass is 9.79. The number of aromatic nitrogens is 2. The van der Waals surface area contributed by atoms with Crippen molar-refractivity contribution < 1.29 is 9.53 Å². The van der Waals surface area contributed by atoms with Gasteiger partial charge in [0.1, 0.15) is 11.4 Å². The summed E-state index contributed by atoms with van der Waals surface area (Å²) < 4.78 is 5.41. The Hall–Kier alpha value is -1.65. The molecule has 5 heteroatoms. The van der Waals surface area contributed by atoms with Gasteiger partial charge in [-0.05, 0) is 39.7 Å². The average molecular weight is 277 g/mol. The Morgan fingerprint density at radius 2 is 1.80 bits per heavy atom. The molecule has 0 aliphatic carbocycles. The molecule has 0 N–H and O–H groups in total. The molecule has 1 amide bonds. The first-order chi connectivity index (χ1) is 9.30. The van der Waals surface area contributed by atoms with Crippen LogP contribution in [0.1, 0.15) is 46.4 Å². The SMILES string of the molecule is CC(C)(C)OC(=O)N1CCC(C)(c2ncccn2)CC1. The van der Waals surface area contributed by atoms with Crippen LogP contribution in [0.15, 0.2) is 18.5 Å². The van der Waals surface area contributed by atoms with Crippen LogP contribution >= 0.6 is 0 Å². The van der Waals surface area contributed by atoms with Crippen LogP contribution < -0.4 is 0 Å². The minimum atomic E-state index is -0.444. The van der Waals surface area contributed by atoms with E-state index in [4.69, 9.17) is 4.74 Å². The van der Waals surface area contributed by atoms with Crippen molar-refractivity contribution in [3.05, 3.63) is 24.3 Å². The maximum absolute atomic E-state index is 12.0. The Balaban J connectivity index is 1.97. The van der Waals surface area contributed by atoms with E-state index in [1.165, 1.54) is 0 Å². The summed E-state index contributed by atoms with van der Waals surface area (Å²) in [6, 6.07) is 1.82. The highest BCUT2D eigenvalue weighted by molar-refractivity contribution is 5.68. The van der Waals surface area contributed by atoms with Crippen LogP contribution in [0.4, 0.5) is 4.79 Å². The Morgan fingerprint density at radius 3 is 2.30 bits per heavy atom. The third-order valence-corrected chi connectivity index (χ3v) is 3.62. The van der Waals surface area contributed by atoms with Crippen molar-refractivity contribution in [2.45, 2.75) is 51.6 Å². The molecule has 0 aromatic carbocycles. The molecular weight excluding hydrogens is 254 g/mol. The fourth-order valence-electron chi connectivity index (χ4n) is 2.34. The Labute approximate surface area is 120 Å². The number of carbonyl (C=O) groups excluding carboxylic acids is 1. The van der Waals surface area contributed by atoms with Gasteiger partial charge in [-0.25, -0.2) is 14.8 Å². The number of rotatable bonds is 1. The number of carbonyl (C=O) groups is 1. The molecule has 1 aliphatic rings. The minimum Gasteiger partial charge on any atom is -0.444 e. The molecule has 1 fully saturated rings. The van der Waals surface area contributed by atoms with E-state index in [1.807, 2.05) is 26.8 Å². The number of hydrogen-bond acceptors (Lipinski definition) is 4. The second kappa shape index (κ2) is 5.38. The topological polar surface area (TPSA) is 55.3 Å². The largest absolute Gasteiger partial charge is 0.444 e. The minimum absolute atomic E-state index is 0.0558. The molecule has 2 heterocycles. The first-order valence-electron chi connectivity index (χ1n) is 7.06. The highest BCUT2D eigenvalue weighted by Crippen LogP contribution is 2.32. The fourth-order valence-corrected chi connectivity index (χ4v) is 2.34. The summed E-state index contributed by atoms with van der Waals surface area (Å²) in [5.41, 5.74) is -0.500. The summed E-state index contributed by atoms with van der Waals surface area (Å²) in [5.74, 6) is 0.865. The lowest BCUT2D eigenvalue weighted by molar-refractivity contribution is 0.0168. The van der Waals surface area contributed by atoms with Crippen LogP contribution in [-0.4, -0.2) is 39.7 Å². The molecule has 0 unspecified atom stereocenters. The molecule has 5 nitrogen and oxygen atoms in total. The van der Waals surface area contributed by atoms with Gasteiger partial charge < -0.3 is 9.64 Å². The summed E-state index contributed by atoms with van der Waals surface area (Å²) in [6.07, 6.45) is 5.03. The molecule has 1 aromatic rings. The van der Waals surface area contributed by atoms with Crippen LogP contribution in [-0.2, 0) is 10.2 Å². The first-order valence-corrected chi connectivity index (χ1v) is 7.06. The van der Waals surface area contributed by atoms with E-state index in [2.05, 4.69) is 16.9 Å². The van der Waals surface area contributed by atoms with E-state index in [-0.39, 0.29) is 11.5 Å². The van der Waals surface area contributed by atoms with Crippen molar-refractivity contribution in [3.8, 4) is 0 Å². The molecule has 0 atom stereocenters. The summed E-state index contributed by atoms with van der Waals surface area (Å²) in [7, 11) is 0. The molecule has 1 aliphatic heterocycles. The molecular formula is C15H23N3O2. The lowest BCUT2D eigenvalue weighted by Gasteiger charge is -2.38. The molecule has 110 valence electrons. The molecule has 1 aromatic heterocycles. The van der Waals surface area contributed by atoms with Gasteiger partial charge in [-0.1, -0.05) is 6.92 Å². The van der Waals surface area contributed by atoms with Gasteiger partial charge in [-0.15, -0.1) is 0 Å². The van der Waals surface area contributed by atoms with Gasteiger partial charge in [-0.2, -0.15) is 0 Å². The van der Waals surface area contributed by atoms with Gasteiger partial charge in [0.2, 0.25) is 0 Å². The van der Waals surface area contributed by atoms with E-state index in [0.717, 1.165) is 18.7 Å². The summed E-state index contributed by atoms with van der Waals surface area (Å²) >= 11 is 0. The lowest BCUT2D eigenvalue weighted by Crippen LogP contribution is -2.46. The maximum atomic E-state index is 12.0. The second-order valence-electron chi connectivity index (χ2n) is 6.60. The summed E-state index contributed by atoms with van der Waals surface area (Å²) in [5, 5.41) is 0. The molecule has 0 saturated carbocycles. The Kier molecular flexibility index (Phi) is 3.97. The Bertz CT molecular complexity index is 460. The molecule has 1 saturated heterocycles. The van der Waals surface area contributed by atoms with Crippen molar-refractivity contribution in [2.75, 3.05) is 13.1 Å². The van der Waals surface area contributed by atoms with E-state index >= 15 is 0 Å². The van der Waals surface area contributed by atoms with Crippen LogP contribution in [0.25, 0.3) is 0 Å². The van der Waals surface area contributed by atoms with Gasteiger partial charge >= 0.3 is 6.09 Å². The number of amides is 1. The number of piperidine rings is 1. The van der Waals surface area contributed by atoms with Crippen molar-refractivity contribution >= 4 is 6.09 Å². The van der Waals surface area contributed by atoms with Gasteiger partial charge in [0.25, 0.3) is 0 Å².